The zero-order valence-electron chi connectivity index (χ0n) is 12.1. The highest BCUT2D eigenvalue weighted by Crippen LogP contribution is 2.21. The van der Waals surface area contributed by atoms with Crippen LogP contribution in [0.1, 0.15) is 22.3 Å². The maximum Gasteiger partial charge on any atom is 0.241 e. The van der Waals surface area contributed by atoms with Gasteiger partial charge in [0.05, 0.1) is 11.5 Å². The topological polar surface area (TPSA) is 66.4 Å². The lowest BCUT2D eigenvalue weighted by Crippen LogP contribution is -2.24. The zero-order chi connectivity index (χ0) is 15.5. The van der Waals surface area contributed by atoms with Gasteiger partial charge in [-0.15, -0.1) is 0 Å². The Hall–Kier alpha value is -1.69. The molecule has 2 N–H and O–H groups in total. The summed E-state index contributed by atoms with van der Waals surface area (Å²) in [6.07, 6.45) is 0. The molecule has 21 heavy (non-hydrogen) atoms. The predicted molar refractivity (Wildman–Crippen MR) is 82.3 cm³/mol. The number of hydrogen-bond donors (Lipinski definition) is 2. The molecule has 0 radical (unpaired) electrons. The molecule has 0 unspecified atom stereocenters. The zero-order valence-corrected chi connectivity index (χ0v) is 12.9. The molecular weight excluding hydrogens is 286 g/mol. The third-order valence-electron chi connectivity index (χ3n) is 3.46. The largest absolute Gasteiger partial charge is 0.392 e. The Bertz CT molecular complexity index is 725. The number of nitrogens with one attached hydrogen (secondary N) is 1. The molecule has 5 heteroatoms. The highest BCUT2D eigenvalue weighted by molar-refractivity contribution is 7.89. The normalized spacial score (nSPS) is 11.6. The van der Waals surface area contributed by atoms with E-state index in [1.165, 1.54) is 6.07 Å². The van der Waals surface area contributed by atoms with Gasteiger partial charge < -0.3 is 5.11 Å². The van der Waals surface area contributed by atoms with Gasteiger partial charge in [-0.25, -0.2) is 13.1 Å². The first-order chi connectivity index (χ1) is 9.94. The second-order valence-electron chi connectivity index (χ2n) is 5.00. The van der Waals surface area contributed by atoms with Gasteiger partial charge in [0.2, 0.25) is 10.0 Å². The van der Waals surface area contributed by atoms with Gasteiger partial charge in [0.25, 0.3) is 0 Å². The van der Waals surface area contributed by atoms with Crippen molar-refractivity contribution in [3.8, 4) is 0 Å². The van der Waals surface area contributed by atoms with Crippen molar-refractivity contribution >= 4 is 10.0 Å². The molecule has 0 atom stereocenters. The van der Waals surface area contributed by atoms with Crippen molar-refractivity contribution in [1.82, 2.24) is 4.72 Å². The Morgan fingerprint density at radius 3 is 2.33 bits per heavy atom. The first-order valence-electron chi connectivity index (χ1n) is 6.68. The van der Waals surface area contributed by atoms with E-state index in [1.807, 2.05) is 37.3 Å². The minimum absolute atomic E-state index is 0.178. The Balaban J connectivity index is 2.29. The highest BCUT2D eigenvalue weighted by atomic mass is 32.2. The third-order valence-corrected chi connectivity index (χ3v) is 4.99. The first kappa shape index (κ1) is 15.7. The highest BCUT2D eigenvalue weighted by Gasteiger charge is 2.18. The van der Waals surface area contributed by atoms with E-state index in [0.717, 1.165) is 11.1 Å². The molecule has 2 rings (SSSR count). The van der Waals surface area contributed by atoms with Crippen LogP contribution in [0.3, 0.4) is 0 Å². The molecule has 0 aliphatic rings. The minimum atomic E-state index is -3.61. The van der Waals surface area contributed by atoms with Crippen LogP contribution < -0.4 is 4.72 Å². The molecule has 0 saturated heterocycles. The van der Waals surface area contributed by atoms with Crippen molar-refractivity contribution in [3.05, 3.63) is 64.7 Å². The van der Waals surface area contributed by atoms with Crippen LogP contribution in [0.5, 0.6) is 0 Å². The van der Waals surface area contributed by atoms with Gasteiger partial charge in [0.15, 0.2) is 0 Å². The van der Waals surface area contributed by atoms with Crippen LogP contribution in [0.2, 0.25) is 0 Å². The van der Waals surface area contributed by atoms with Crippen LogP contribution in [0.25, 0.3) is 0 Å². The quantitative estimate of drug-likeness (QED) is 0.890. The summed E-state index contributed by atoms with van der Waals surface area (Å²) < 4.78 is 27.5. The van der Waals surface area contributed by atoms with E-state index in [9.17, 15) is 13.5 Å². The predicted octanol–water partition coefficient (Wildman–Crippen LogP) is 2.27. The van der Waals surface area contributed by atoms with Crippen LogP contribution >= 0.6 is 0 Å². The summed E-state index contributed by atoms with van der Waals surface area (Å²) in [5.74, 6) is 0. The summed E-state index contributed by atoms with van der Waals surface area (Å²) in [6.45, 7) is 3.67. The molecule has 0 aromatic heterocycles. The molecule has 0 fully saturated rings. The number of benzene rings is 2. The lowest BCUT2D eigenvalue weighted by Gasteiger charge is -2.13. The molecule has 4 nitrogen and oxygen atoms in total. The van der Waals surface area contributed by atoms with Crippen molar-refractivity contribution in [2.45, 2.75) is 31.9 Å². The van der Waals surface area contributed by atoms with E-state index in [4.69, 9.17) is 0 Å². The van der Waals surface area contributed by atoms with E-state index in [2.05, 4.69) is 4.72 Å². The van der Waals surface area contributed by atoms with Crippen molar-refractivity contribution in [1.29, 1.82) is 0 Å². The summed E-state index contributed by atoms with van der Waals surface area (Å²) in [7, 11) is -3.61. The number of aryl methyl sites for hydroxylation is 1. The van der Waals surface area contributed by atoms with Gasteiger partial charge >= 0.3 is 0 Å². The Morgan fingerprint density at radius 2 is 1.71 bits per heavy atom. The summed E-state index contributed by atoms with van der Waals surface area (Å²) in [5, 5.41) is 9.24. The average Bonchev–Trinajstić information content (AvgIpc) is 2.48. The maximum atomic E-state index is 12.5. The van der Waals surface area contributed by atoms with E-state index in [-0.39, 0.29) is 18.0 Å². The SMILES string of the molecule is Cc1cc(CO)cc(S(=O)(=O)NCc2ccccc2)c1C. The third kappa shape index (κ3) is 3.69. The second-order valence-corrected chi connectivity index (χ2v) is 6.74. The van der Waals surface area contributed by atoms with Crippen molar-refractivity contribution in [3.63, 3.8) is 0 Å². The molecule has 0 bridgehead atoms. The summed E-state index contributed by atoms with van der Waals surface area (Å²) in [6, 6.07) is 12.7. The monoisotopic (exact) mass is 305 g/mol. The summed E-state index contributed by atoms with van der Waals surface area (Å²) in [4.78, 5) is 0.225. The number of sulfonamides is 1. The van der Waals surface area contributed by atoms with Crippen molar-refractivity contribution in [2.24, 2.45) is 0 Å². The average molecular weight is 305 g/mol. The van der Waals surface area contributed by atoms with Gasteiger partial charge in [0.1, 0.15) is 0 Å². The molecular formula is C16H19NO3S. The van der Waals surface area contributed by atoms with Crippen LogP contribution in [0, 0.1) is 13.8 Å². The fourth-order valence-electron chi connectivity index (χ4n) is 2.12. The summed E-state index contributed by atoms with van der Waals surface area (Å²) in [5.41, 5.74) is 3.04. The molecule has 112 valence electrons. The van der Waals surface area contributed by atoms with E-state index >= 15 is 0 Å². The molecule has 0 aliphatic carbocycles. The van der Waals surface area contributed by atoms with Gasteiger partial charge in [-0.1, -0.05) is 36.4 Å². The standard InChI is InChI=1S/C16H19NO3S/c1-12-8-15(11-18)9-16(13(12)2)21(19,20)17-10-14-6-4-3-5-7-14/h3-9,17-18H,10-11H2,1-2H3. The lowest BCUT2D eigenvalue weighted by atomic mass is 10.1. The maximum absolute atomic E-state index is 12.5. The van der Waals surface area contributed by atoms with Crippen LogP contribution in [-0.2, 0) is 23.2 Å². The van der Waals surface area contributed by atoms with Gasteiger partial charge in [-0.05, 0) is 42.2 Å². The van der Waals surface area contributed by atoms with Crippen molar-refractivity contribution < 1.29 is 13.5 Å². The van der Waals surface area contributed by atoms with Crippen LogP contribution in [-0.4, -0.2) is 13.5 Å². The lowest BCUT2D eigenvalue weighted by molar-refractivity contribution is 0.281. The molecule has 2 aromatic rings. The first-order valence-corrected chi connectivity index (χ1v) is 8.17. The number of hydrogen-bond acceptors (Lipinski definition) is 3. The second kappa shape index (κ2) is 6.39. The van der Waals surface area contributed by atoms with Crippen molar-refractivity contribution in [2.75, 3.05) is 0 Å². The minimum Gasteiger partial charge on any atom is -0.392 e. The molecule has 0 heterocycles. The van der Waals surface area contributed by atoms with E-state index < -0.39 is 10.0 Å². The molecule has 0 saturated carbocycles. The van der Waals surface area contributed by atoms with Gasteiger partial charge in [-0.2, -0.15) is 0 Å². The molecule has 0 amide bonds. The smallest absolute Gasteiger partial charge is 0.241 e. The fourth-order valence-corrected chi connectivity index (χ4v) is 3.50. The fraction of sp³-hybridized carbons (Fsp3) is 0.250. The number of aliphatic hydroxyl groups excluding tert-OH is 1. The Kier molecular flexibility index (Phi) is 4.77. The molecule has 0 spiro atoms. The van der Waals surface area contributed by atoms with E-state index in [1.54, 1.807) is 13.0 Å². The summed E-state index contributed by atoms with van der Waals surface area (Å²) >= 11 is 0. The molecule has 2 aromatic carbocycles. The van der Waals surface area contributed by atoms with Gasteiger partial charge in [0, 0.05) is 6.54 Å². The van der Waals surface area contributed by atoms with Crippen LogP contribution in [0.4, 0.5) is 0 Å². The van der Waals surface area contributed by atoms with E-state index in [0.29, 0.717) is 11.1 Å². The number of aliphatic hydroxyl groups is 1. The number of rotatable bonds is 5. The molecule has 0 aliphatic heterocycles. The van der Waals surface area contributed by atoms with Gasteiger partial charge in [-0.3, -0.25) is 0 Å². The Morgan fingerprint density at radius 1 is 1.05 bits per heavy atom. The Labute approximate surface area is 125 Å². The van der Waals surface area contributed by atoms with Crippen LogP contribution in [0.15, 0.2) is 47.4 Å².